The van der Waals surface area contributed by atoms with Crippen LogP contribution >= 0.6 is 23.2 Å². The highest BCUT2D eigenvalue weighted by Crippen LogP contribution is 2.30. The number of hydrogen-bond acceptors (Lipinski definition) is 4. The molecular weight excluding hydrogens is 381 g/mol. The molecule has 134 valence electrons. The molecule has 0 radical (unpaired) electrons. The van der Waals surface area contributed by atoms with Gasteiger partial charge in [0.2, 0.25) is 0 Å². The summed E-state index contributed by atoms with van der Waals surface area (Å²) < 4.78 is 2.00. The molecule has 7 heteroatoms. The SMILES string of the molecule is C#CCNCc1nnc2n1-c1ccc(Cl)cc1C(c1ccccc1Cl)=NC2. The topological polar surface area (TPSA) is 55.1 Å². The number of aliphatic imine (C=N–C) groups is 1. The van der Waals surface area contributed by atoms with Gasteiger partial charge in [-0.25, -0.2) is 0 Å². The number of halogens is 2. The highest BCUT2D eigenvalue weighted by Gasteiger charge is 2.23. The van der Waals surface area contributed by atoms with Gasteiger partial charge in [-0.05, 0) is 24.3 Å². The Morgan fingerprint density at radius 1 is 1.11 bits per heavy atom. The Morgan fingerprint density at radius 3 is 2.78 bits per heavy atom. The number of nitrogens with one attached hydrogen (secondary N) is 1. The molecule has 0 amide bonds. The average molecular weight is 396 g/mol. The maximum atomic E-state index is 6.44. The summed E-state index contributed by atoms with van der Waals surface area (Å²) in [5.41, 5.74) is 3.43. The lowest BCUT2D eigenvalue weighted by Gasteiger charge is -2.14. The van der Waals surface area contributed by atoms with Gasteiger partial charge >= 0.3 is 0 Å². The normalized spacial score (nSPS) is 12.6. The van der Waals surface area contributed by atoms with Crippen molar-refractivity contribution >= 4 is 28.9 Å². The molecule has 0 unspecified atom stereocenters. The number of nitrogens with zero attached hydrogens (tertiary/aromatic N) is 4. The number of terminal acetylenes is 1. The van der Waals surface area contributed by atoms with Crippen molar-refractivity contribution in [2.24, 2.45) is 4.99 Å². The monoisotopic (exact) mass is 395 g/mol. The van der Waals surface area contributed by atoms with E-state index < -0.39 is 0 Å². The maximum absolute atomic E-state index is 6.44. The average Bonchev–Trinajstić information content (AvgIpc) is 2.99. The first-order valence-corrected chi connectivity index (χ1v) is 9.11. The van der Waals surface area contributed by atoms with Crippen LogP contribution in [-0.2, 0) is 13.1 Å². The second-order valence-electron chi connectivity index (χ2n) is 5.98. The zero-order valence-corrected chi connectivity index (χ0v) is 15.8. The largest absolute Gasteiger partial charge is 0.299 e. The van der Waals surface area contributed by atoms with Crippen molar-refractivity contribution < 1.29 is 0 Å². The lowest BCUT2D eigenvalue weighted by Crippen LogP contribution is -2.18. The Hall–Kier alpha value is -2.65. The summed E-state index contributed by atoms with van der Waals surface area (Å²) in [6, 6.07) is 13.3. The summed E-state index contributed by atoms with van der Waals surface area (Å²) in [5.74, 6) is 4.07. The number of hydrogen-bond donors (Lipinski definition) is 1. The van der Waals surface area contributed by atoms with Gasteiger partial charge in [-0.2, -0.15) is 0 Å². The minimum Gasteiger partial charge on any atom is -0.299 e. The highest BCUT2D eigenvalue weighted by molar-refractivity contribution is 6.36. The number of benzene rings is 2. The molecule has 2 heterocycles. The predicted molar refractivity (Wildman–Crippen MR) is 108 cm³/mol. The molecule has 2 aromatic carbocycles. The maximum Gasteiger partial charge on any atom is 0.159 e. The van der Waals surface area contributed by atoms with Crippen LogP contribution in [0.2, 0.25) is 10.0 Å². The van der Waals surface area contributed by atoms with Crippen LogP contribution in [0.15, 0.2) is 47.5 Å². The van der Waals surface area contributed by atoms with Crippen LogP contribution in [0.5, 0.6) is 0 Å². The third-order valence-electron chi connectivity index (χ3n) is 4.27. The van der Waals surface area contributed by atoms with Crippen molar-refractivity contribution in [3.05, 3.63) is 75.3 Å². The third kappa shape index (κ3) is 3.35. The lowest BCUT2D eigenvalue weighted by atomic mass is 10.0. The Kier molecular flexibility index (Phi) is 4.95. The number of rotatable bonds is 4. The van der Waals surface area contributed by atoms with E-state index >= 15 is 0 Å². The summed E-state index contributed by atoms with van der Waals surface area (Å²) in [5, 5.41) is 13.0. The number of aromatic nitrogens is 3. The molecule has 1 aliphatic heterocycles. The summed E-state index contributed by atoms with van der Waals surface area (Å²) in [6.07, 6.45) is 5.32. The van der Waals surface area contributed by atoms with E-state index in [1.54, 1.807) is 0 Å². The van der Waals surface area contributed by atoms with Crippen molar-refractivity contribution in [3.63, 3.8) is 0 Å². The fraction of sp³-hybridized carbons (Fsp3) is 0.150. The number of fused-ring (bicyclic) bond motifs is 3. The van der Waals surface area contributed by atoms with E-state index in [2.05, 4.69) is 21.4 Å². The fourth-order valence-corrected chi connectivity index (χ4v) is 3.50. The minimum absolute atomic E-state index is 0.384. The zero-order valence-electron chi connectivity index (χ0n) is 14.3. The Labute approximate surface area is 167 Å². The van der Waals surface area contributed by atoms with Gasteiger partial charge < -0.3 is 0 Å². The third-order valence-corrected chi connectivity index (χ3v) is 4.83. The van der Waals surface area contributed by atoms with Crippen LogP contribution < -0.4 is 5.32 Å². The van der Waals surface area contributed by atoms with Crippen molar-refractivity contribution in [2.45, 2.75) is 13.1 Å². The van der Waals surface area contributed by atoms with E-state index in [1.165, 1.54) is 0 Å². The molecule has 3 aromatic rings. The molecule has 0 saturated carbocycles. The highest BCUT2D eigenvalue weighted by atomic mass is 35.5. The molecule has 0 fully saturated rings. The van der Waals surface area contributed by atoms with E-state index in [4.69, 9.17) is 34.6 Å². The molecule has 1 aromatic heterocycles. The smallest absolute Gasteiger partial charge is 0.159 e. The molecule has 0 bridgehead atoms. The fourth-order valence-electron chi connectivity index (χ4n) is 3.11. The van der Waals surface area contributed by atoms with E-state index in [-0.39, 0.29) is 0 Å². The Balaban J connectivity index is 1.88. The summed E-state index contributed by atoms with van der Waals surface area (Å²) in [7, 11) is 0. The van der Waals surface area contributed by atoms with Gasteiger partial charge in [-0.1, -0.05) is 47.3 Å². The van der Waals surface area contributed by atoms with Gasteiger partial charge in [0, 0.05) is 21.2 Å². The Morgan fingerprint density at radius 2 is 1.96 bits per heavy atom. The van der Waals surface area contributed by atoms with E-state index in [0.717, 1.165) is 34.2 Å². The van der Waals surface area contributed by atoms with Crippen molar-refractivity contribution in [3.8, 4) is 18.0 Å². The van der Waals surface area contributed by atoms with Crippen LogP contribution in [0.25, 0.3) is 5.69 Å². The van der Waals surface area contributed by atoms with Crippen molar-refractivity contribution in [2.75, 3.05) is 6.54 Å². The molecule has 27 heavy (non-hydrogen) atoms. The minimum atomic E-state index is 0.384. The Bertz CT molecular complexity index is 1080. The van der Waals surface area contributed by atoms with Crippen LogP contribution in [0.1, 0.15) is 22.8 Å². The van der Waals surface area contributed by atoms with E-state index in [9.17, 15) is 0 Å². The van der Waals surface area contributed by atoms with Crippen LogP contribution in [-0.4, -0.2) is 27.0 Å². The molecule has 0 atom stereocenters. The standard InChI is InChI=1S/C20H15Cl2N5/c1-2-9-23-11-18-25-26-19-12-24-20(14-5-3-4-6-16(14)22)15-10-13(21)7-8-17(15)27(18)19/h1,3-8,10,23H,9,11-12H2. The van der Waals surface area contributed by atoms with E-state index in [1.807, 2.05) is 47.0 Å². The van der Waals surface area contributed by atoms with Gasteiger partial charge in [0.15, 0.2) is 11.6 Å². The van der Waals surface area contributed by atoms with Crippen LogP contribution in [0, 0.1) is 12.3 Å². The molecule has 0 spiro atoms. The first kappa shape index (κ1) is 17.7. The van der Waals surface area contributed by atoms with E-state index in [0.29, 0.717) is 29.7 Å². The van der Waals surface area contributed by atoms with Gasteiger partial charge in [0.05, 0.1) is 24.5 Å². The molecule has 1 aliphatic rings. The van der Waals surface area contributed by atoms with Crippen LogP contribution in [0.3, 0.4) is 0 Å². The second kappa shape index (κ2) is 7.53. The molecular formula is C20H15Cl2N5. The quantitative estimate of drug-likeness (QED) is 0.541. The summed E-state index contributed by atoms with van der Waals surface area (Å²) in [4.78, 5) is 4.79. The summed E-state index contributed by atoms with van der Waals surface area (Å²) >= 11 is 12.7. The molecule has 4 rings (SSSR count). The molecule has 0 aliphatic carbocycles. The summed E-state index contributed by atoms with van der Waals surface area (Å²) in [6.45, 7) is 1.34. The predicted octanol–water partition coefficient (Wildman–Crippen LogP) is 3.65. The first-order chi connectivity index (χ1) is 13.2. The van der Waals surface area contributed by atoms with Gasteiger partial charge in [0.1, 0.15) is 6.54 Å². The molecule has 5 nitrogen and oxygen atoms in total. The van der Waals surface area contributed by atoms with Crippen molar-refractivity contribution in [1.82, 2.24) is 20.1 Å². The first-order valence-electron chi connectivity index (χ1n) is 8.36. The zero-order chi connectivity index (χ0) is 18.8. The molecule has 1 N–H and O–H groups in total. The second-order valence-corrected chi connectivity index (χ2v) is 6.83. The molecule has 0 saturated heterocycles. The van der Waals surface area contributed by atoms with Gasteiger partial charge in [0.25, 0.3) is 0 Å². The van der Waals surface area contributed by atoms with Gasteiger partial charge in [-0.15, -0.1) is 16.6 Å². The lowest BCUT2D eigenvalue weighted by molar-refractivity contribution is 0.702. The van der Waals surface area contributed by atoms with Crippen LogP contribution in [0.4, 0.5) is 0 Å². The van der Waals surface area contributed by atoms with Crippen molar-refractivity contribution in [1.29, 1.82) is 0 Å². The van der Waals surface area contributed by atoms with Gasteiger partial charge in [-0.3, -0.25) is 14.9 Å².